The maximum atomic E-state index is 13.0. The van der Waals surface area contributed by atoms with Crippen LogP contribution in [0.15, 0.2) is 51.7 Å². The number of benzene rings is 1. The number of para-hydroxylation sites is 1. The highest BCUT2D eigenvalue weighted by atomic mass is 32.2. The second kappa shape index (κ2) is 7.86. The first kappa shape index (κ1) is 18.3. The van der Waals surface area contributed by atoms with Gasteiger partial charge in [0.2, 0.25) is 5.91 Å². The first-order valence-corrected chi connectivity index (χ1v) is 11.0. The first-order valence-electron chi connectivity index (χ1n) is 9.13. The standard InChI is InChI=1S/C20H21N3O2S2/c1-14-7-5-6-11-22(14)17(24)13-27-20-21-16-10-12-26-18(16)19(25)23(20)15-8-3-2-4-9-15/h2-4,8-10,12,14H,5-7,11,13H2,1H3/t14-/m1/s1. The van der Waals surface area contributed by atoms with Gasteiger partial charge in [0.05, 0.1) is 17.0 Å². The van der Waals surface area contributed by atoms with E-state index in [1.54, 1.807) is 4.57 Å². The molecule has 4 rings (SSSR count). The summed E-state index contributed by atoms with van der Waals surface area (Å²) in [5.74, 6) is 0.408. The van der Waals surface area contributed by atoms with Gasteiger partial charge in [-0.05, 0) is 49.8 Å². The number of hydrogen-bond acceptors (Lipinski definition) is 5. The number of thioether (sulfide) groups is 1. The molecule has 3 heterocycles. The summed E-state index contributed by atoms with van der Waals surface area (Å²) in [5, 5.41) is 2.44. The summed E-state index contributed by atoms with van der Waals surface area (Å²) in [7, 11) is 0. The van der Waals surface area contributed by atoms with Crippen LogP contribution in [-0.2, 0) is 4.79 Å². The zero-order valence-electron chi connectivity index (χ0n) is 15.1. The molecule has 0 saturated carbocycles. The molecule has 0 unspecified atom stereocenters. The Kier molecular flexibility index (Phi) is 5.31. The van der Waals surface area contributed by atoms with Gasteiger partial charge in [0, 0.05) is 12.6 Å². The molecular weight excluding hydrogens is 378 g/mol. The zero-order chi connectivity index (χ0) is 18.8. The van der Waals surface area contributed by atoms with Gasteiger partial charge in [-0.1, -0.05) is 30.0 Å². The summed E-state index contributed by atoms with van der Waals surface area (Å²) < 4.78 is 2.26. The molecule has 0 aliphatic carbocycles. The van der Waals surface area contributed by atoms with E-state index >= 15 is 0 Å². The Hall–Kier alpha value is -2.12. The molecule has 0 bridgehead atoms. The molecule has 0 radical (unpaired) electrons. The van der Waals surface area contributed by atoms with Gasteiger partial charge in [-0.25, -0.2) is 4.98 Å². The molecule has 7 heteroatoms. The van der Waals surface area contributed by atoms with E-state index in [2.05, 4.69) is 11.9 Å². The van der Waals surface area contributed by atoms with Gasteiger partial charge in [-0.3, -0.25) is 14.2 Å². The molecule has 1 amide bonds. The molecule has 3 aromatic rings. The number of fused-ring (bicyclic) bond motifs is 1. The number of carbonyl (C=O) groups excluding carboxylic acids is 1. The van der Waals surface area contributed by atoms with Crippen LogP contribution in [0.5, 0.6) is 0 Å². The zero-order valence-corrected chi connectivity index (χ0v) is 16.8. The van der Waals surface area contributed by atoms with Crippen LogP contribution in [0.3, 0.4) is 0 Å². The van der Waals surface area contributed by atoms with Crippen LogP contribution >= 0.6 is 23.1 Å². The van der Waals surface area contributed by atoms with Crippen molar-refractivity contribution in [3.05, 3.63) is 52.1 Å². The molecule has 2 aromatic heterocycles. The highest BCUT2D eigenvalue weighted by Crippen LogP contribution is 2.25. The van der Waals surface area contributed by atoms with Crippen molar-refractivity contribution in [2.24, 2.45) is 0 Å². The Labute approximate surface area is 166 Å². The minimum Gasteiger partial charge on any atom is -0.339 e. The first-order chi connectivity index (χ1) is 13.1. The van der Waals surface area contributed by atoms with Crippen molar-refractivity contribution in [2.45, 2.75) is 37.4 Å². The Morgan fingerprint density at radius 1 is 1.26 bits per heavy atom. The molecule has 1 fully saturated rings. The van der Waals surface area contributed by atoms with Crippen LogP contribution in [0, 0.1) is 0 Å². The lowest BCUT2D eigenvalue weighted by molar-refractivity contribution is -0.131. The summed E-state index contributed by atoms with van der Waals surface area (Å²) in [6, 6.07) is 11.6. The fourth-order valence-corrected chi connectivity index (χ4v) is 5.13. The predicted molar refractivity (Wildman–Crippen MR) is 111 cm³/mol. The second-order valence-corrected chi connectivity index (χ2v) is 8.58. The van der Waals surface area contributed by atoms with Crippen molar-refractivity contribution in [1.29, 1.82) is 0 Å². The van der Waals surface area contributed by atoms with Gasteiger partial charge >= 0.3 is 0 Å². The number of carbonyl (C=O) groups is 1. The Morgan fingerprint density at radius 2 is 2.07 bits per heavy atom. The number of likely N-dealkylation sites (tertiary alicyclic amines) is 1. The third-order valence-electron chi connectivity index (χ3n) is 4.91. The maximum Gasteiger partial charge on any atom is 0.276 e. The van der Waals surface area contributed by atoms with Crippen LogP contribution in [0.25, 0.3) is 15.9 Å². The molecule has 1 aliphatic heterocycles. The van der Waals surface area contributed by atoms with Crippen molar-refractivity contribution < 1.29 is 4.79 Å². The van der Waals surface area contributed by atoms with Crippen LogP contribution in [0.1, 0.15) is 26.2 Å². The fraction of sp³-hybridized carbons (Fsp3) is 0.350. The molecule has 0 N–H and O–H groups in total. The minimum absolute atomic E-state index is 0.0810. The second-order valence-electron chi connectivity index (χ2n) is 6.73. The van der Waals surface area contributed by atoms with Crippen molar-refractivity contribution in [3.8, 4) is 5.69 Å². The number of amides is 1. The largest absolute Gasteiger partial charge is 0.339 e. The van der Waals surface area contributed by atoms with Crippen molar-refractivity contribution in [3.63, 3.8) is 0 Å². The topological polar surface area (TPSA) is 55.2 Å². The highest BCUT2D eigenvalue weighted by molar-refractivity contribution is 7.99. The summed E-state index contributed by atoms with van der Waals surface area (Å²) in [6.07, 6.45) is 3.31. The number of hydrogen-bond donors (Lipinski definition) is 0. The molecule has 5 nitrogen and oxygen atoms in total. The summed E-state index contributed by atoms with van der Waals surface area (Å²) >= 11 is 2.74. The van der Waals surface area contributed by atoms with Crippen molar-refractivity contribution in [2.75, 3.05) is 12.3 Å². The molecule has 140 valence electrons. The van der Waals surface area contributed by atoms with Crippen LogP contribution < -0.4 is 5.56 Å². The van der Waals surface area contributed by atoms with Gasteiger partial charge in [0.15, 0.2) is 5.16 Å². The molecule has 1 atom stereocenters. The average Bonchev–Trinajstić information content (AvgIpc) is 3.16. The number of aromatic nitrogens is 2. The normalized spacial score (nSPS) is 17.4. The predicted octanol–water partition coefficient (Wildman–Crippen LogP) is 3.94. The van der Waals surface area contributed by atoms with E-state index < -0.39 is 0 Å². The molecule has 0 spiro atoms. The van der Waals surface area contributed by atoms with Crippen LogP contribution in [0.4, 0.5) is 0 Å². The van der Waals surface area contributed by atoms with Gasteiger partial charge in [0.25, 0.3) is 5.56 Å². The third kappa shape index (κ3) is 3.66. The quantitative estimate of drug-likeness (QED) is 0.493. The van der Waals surface area contributed by atoms with E-state index in [0.29, 0.717) is 21.1 Å². The van der Waals surface area contributed by atoms with Gasteiger partial charge < -0.3 is 4.90 Å². The van der Waals surface area contributed by atoms with E-state index in [1.165, 1.54) is 29.5 Å². The molecule has 27 heavy (non-hydrogen) atoms. The smallest absolute Gasteiger partial charge is 0.276 e. The van der Waals surface area contributed by atoms with E-state index in [0.717, 1.165) is 25.1 Å². The summed E-state index contributed by atoms with van der Waals surface area (Å²) in [4.78, 5) is 32.4. The van der Waals surface area contributed by atoms with E-state index in [4.69, 9.17) is 0 Å². The van der Waals surface area contributed by atoms with E-state index in [9.17, 15) is 9.59 Å². The summed E-state index contributed by atoms with van der Waals surface area (Å²) in [6.45, 7) is 2.93. The number of rotatable bonds is 4. The number of thiophene rings is 1. The van der Waals surface area contributed by atoms with Gasteiger partial charge in [0.1, 0.15) is 4.70 Å². The minimum atomic E-state index is -0.0810. The highest BCUT2D eigenvalue weighted by Gasteiger charge is 2.24. The molecular formula is C20H21N3O2S2. The average molecular weight is 400 g/mol. The lowest BCUT2D eigenvalue weighted by Gasteiger charge is -2.33. The van der Waals surface area contributed by atoms with Gasteiger partial charge in [-0.2, -0.15) is 0 Å². The molecule has 1 aliphatic rings. The fourth-order valence-electron chi connectivity index (χ4n) is 3.47. The summed E-state index contributed by atoms with van der Waals surface area (Å²) in [5.41, 5.74) is 1.38. The van der Waals surface area contributed by atoms with E-state index in [-0.39, 0.29) is 17.5 Å². The third-order valence-corrected chi connectivity index (χ3v) is 6.73. The lowest BCUT2D eigenvalue weighted by Crippen LogP contribution is -2.43. The van der Waals surface area contributed by atoms with Gasteiger partial charge in [-0.15, -0.1) is 11.3 Å². The SMILES string of the molecule is C[C@@H]1CCCCN1C(=O)CSc1nc2ccsc2c(=O)n1-c1ccccc1. The number of nitrogens with zero attached hydrogens (tertiary/aromatic N) is 3. The maximum absolute atomic E-state index is 13.0. The number of piperidine rings is 1. The lowest BCUT2D eigenvalue weighted by atomic mass is 10.0. The Bertz CT molecular complexity index is 1010. The Balaban J connectivity index is 1.66. The van der Waals surface area contributed by atoms with Crippen LogP contribution in [-0.4, -0.2) is 38.7 Å². The molecule has 1 saturated heterocycles. The van der Waals surface area contributed by atoms with Crippen LogP contribution in [0.2, 0.25) is 0 Å². The van der Waals surface area contributed by atoms with E-state index in [1.807, 2.05) is 46.7 Å². The van der Waals surface area contributed by atoms with Crippen molar-refractivity contribution >= 4 is 39.2 Å². The monoisotopic (exact) mass is 399 g/mol. The molecule has 1 aromatic carbocycles. The Morgan fingerprint density at radius 3 is 2.85 bits per heavy atom. The van der Waals surface area contributed by atoms with Crippen molar-refractivity contribution in [1.82, 2.24) is 14.5 Å².